The number of hydrogen-bond acceptors (Lipinski definition) is 4. The van der Waals surface area contributed by atoms with Crippen LogP contribution in [0.5, 0.6) is 5.88 Å². The van der Waals surface area contributed by atoms with Crippen LogP contribution >= 0.6 is 0 Å². The summed E-state index contributed by atoms with van der Waals surface area (Å²) >= 11 is 0. The van der Waals surface area contributed by atoms with E-state index in [9.17, 15) is 14.7 Å². The van der Waals surface area contributed by atoms with Gasteiger partial charge >= 0.3 is 5.97 Å². The van der Waals surface area contributed by atoms with Crippen LogP contribution in [0.3, 0.4) is 0 Å². The highest BCUT2D eigenvalue weighted by atomic mass is 16.5. The molecule has 21 heavy (non-hydrogen) atoms. The fraction of sp³-hybridized carbons (Fsp3) is 0.533. The number of methoxy groups -OCH3 is 1. The van der Waals surface area contributed by atoms with Gasteiger partial charge in [0.15, 0.2) is 0 Å². The second kappa shape index (κ2) is 6.56. The van der Waals surface area contributed by atoms with E-state index in [1.807, 2.05) is 6.92 Å². The number of amides is 1. The monoisotopic (exact) mass is 292 g/mol. The number of carbonyl (C=O) groups excluding carboxylic acids is 1. The molecule has 0 spiro atoms. The van der Waals surface area contributed by atoms with Crippen molar-refractivity contribution in [3.63, 3.8) is 0 Å². The number of ether oxygens (including phenoxy) is 1. The first-order chi connectivity index (χ1) is 10.0. The Morgan fingerprint density at radius 1 is 1.38 bits per heavy atom. The average Bonchev–Trinajstić information content (AvgIpc) is 2.92. The van der Waals surface area contributed by atoms with E-state index in [1.165, 1.54) is 13.3 Å². The molecule has 0 bridgehead atoms. The van der Waals surface area contributed by atoms with E-state index in [0.717, 1.165) is 6.42 Å². The summed E-state index contributed by atoms with van der Waals surface area (Å²) in [7, 11) is 1.52. The second-order valence-corrected chi connectivity index (χ2v) is 5.38. The molecule has 0 aliphatic heterocycles. The van der Waals surface area contributed by atoms with Gasteiger partial charge in [0.1, 0.15) is 0 Å². The largest absolute Gasteiger partial charge is 0.481 e. The average molecular weight is 292 g/mol. The van der Waals surface area contributed by atoms with Gasteiger partial charge < -0.3 is 15.2 Å². The lowest BCUT2D eigenvalue weighted by Gasteiger charge is -2.15. The number of anilines is 1. The van der Waals surface area contributed by atoms with Gasteiger partial charge in [-0.05, 0) is 24.8 Å². The van der Waals surface area contributed by atoms with Gasteiger partial charge in [-0.15, -0.1) is 0 Å². The van der Waals surface area contributed by atoms with Crippen LogP contribution in [0.25, 0.3) is 0 Å². The van der Waals surface area contributed by atoms with Crippen LogP contribution < -0.4 is 10.1 Å². The van der Waals surface area contributed by atoms with Crippen LogP contribution in [-0.2, 0) is 9.59 Å². The fourth-order valence-corrected chi connectivity index (χ4v) is 2.85. The molecule has 1 aromatic rings. The molecular formula is C15H20N2O4. The number of pyridine rings is 1. The van der Waals surface area contributed by atoms with Gasteiger partial charge in [-0.3, -0.25) is 9.59 Å². The minimum atomic E-state index is -0.890. The topological polar surface area (TPSA) is 88.5 Å². The number of nitrogens with zero attached hydrogens (tertiary/aromatic N) is 1. The maximum atomic E-state index is 12.3. The zero-order chi connectivity index (χ0) is 15.4. The molecule has 3 atom stereocenters. The van der Waals surface area contributed by atoms with Crippen LogP contribution in [0.1, 0.15) is 26.2 Å². The first-order valence-electron chi connectivity index (χ1n) is 7.08. The zero-order valence-corrected chi connectivity index (χ0v) is 12.2. The van der Waals surface area contributed by atoms with Crippen molar-refractivity contribution in [1.29, 1.82) is 0 Å². The van der Waals surface area contributed by atoms with E-state index in [0.29, 0.717) is 30.3 Å². The van der Waals surface area contributed by atoms with Gasteiger partial charge in [-0.2, -0.15) is 0 Å². The van der Waals surface area contributed by atoms with Crippen LogP contribution in [0.2, 0.25) is 0 Å². The van der Waals surface area contributed by atoms with Crippen molar-refractivity contribution >= 4 is 17.6 Å². The van der Waals surface area contributed by atoms with E-state index < -0.39 is 17.8 Å². The van der Waals surface area contributed by atoms with Crippen molar-refractivity contribution in [3.8, 4) is 5.88 Å². The third-order valence-electron chi connectivity index (χ3n) is 4.10. The van der Waals surface area contributed by atoms with Crippen LogP contribution in [-0.4, -0.2) is 29.1 Å². The number of nitrogens with one attached hydrogen (secondary N) is 1. The molecular weight excluding hydrogens is 272 g/mol. The molecule has 1 aliphatic carbocycles. The molecule has 2 rings (SSSR count). The van der Waals surface area contributed by atoms with Crippen molar-refractivity contribution in [2.45, 2.75) is 26.2 Å². The Labute approximate surface area is 123 Å². The molecule has 1 fully saturated rings. The molecule has 1 heterocycles. The summed E-state index contributed by atoms with van der Waals surface area (Å²) in [6.07, 6.45) is 3.60. The minimum absolute atomic E-state index is 0.245. The molecule has 114 valence electrons. The highest BCUT2D eigenvalue weighted by Gasteiger charge is 2.42. The van der Waals surface area contributed by atoms with Crippen LogP contribution in [0.15, 0.2) is 18.3 Å². The molecule has 1 saturated carbocycles. The Kier molecular flexibility index (Phi) is 4.77. The summed E-state index contributed by atoms with van der Waals surface area (Å²) in [5.74, 6) is -1.45. The Hall–Kier alpha value is -2.11. The molecule has 0 radical (unpaired) electrons. The summed E-state index contributed by atoms with van der Waals surface area (Å²) in [4.78, 5) is 27.6. The highest BCUT2D eigenvalue weighted by molar-refractivity contribution is 5.95. The number of carboxylic acids is 1. The van der Waals surface area contributed by atoms with E-state index in [2.05, 4.69) is 10.3 Å². The minimum Gasteiger partial charge on any atom is -0.481 e. The molecule has 0 saturated heterocycles. The lowest BCUT2D eigenvalue weighted by atomic mass is 9.95. The quantitative estimate of drug-likeness (QED) is 0.868. The Bertz CT molecular complexity index is 515. The Balaban J connectivity index is 2.05. The van der Waals surface area contributed by atoms with Crippen molar-refractivity contribution in [2.24, 2.45) is 17.8 Å². The van der Waals surface area contributed by atoms with Crippen molar-refractivity contribution < 1.29 is 19.4 Å². The summed E-state index contributed by atoms with van der Waals surface area (Å²) in [6.45, 7) is 2.03. The summed E-state index contributed by atoms with van der Waals surface area (Å²) < 4.78 is 4.95. The molecule has 0 aromatic carbocycles. The van der Waals surface area contributed by atoms with Crippen molar-refractivity contribution in [3.05, 3.63) is 18.3 Å². The highest BCUT2D eigenvalue weighted by Crippen LogP contribution is 2.39. The molecule has 1 aromatic heterocycles. The predicted octanol–water partition coefficient (Wildman–Crippen LogP) is 2.17. The van der Waals surface area contributed by atoms with Crippen molar-refractivity contribution in [1.82, 2.24) is 4.98 Å². The number of hydrogen-bond donors (Lipinski definition) is 2. The molecule has 1 aliphatic rings. The van der Waals surface area contributed by atoms with Crippen molar-refractivity contribution in [2.75, 3.05) is 12.4 Å². The van der Waals surface area contributed by atoms with E-state index in [4.69, 9.17) is 4.74 Å². The van der Waals surface area contributed by atoms with Gasteiger partial charge in [0.25, 0.3) is 0 Å². The molecule has 6 heteroatoms. The lowest BCUT2D eigenvalue weighted by molar-refractivity contribution is -0.145. The van der Waals surface area contributed by atoms with Gasteiger partial charge in [-0.1, -0.05) is 13.3 Å². The SMILES string of the molecule is CCC1C[C@H](C(=O)Nc2ccc(OC)nc2)[C@H](C(=O)O)C1. The van der Waals surface area contributed by atoms with Crippen LogP contribution in [0.4, 0.5) is 5.69 Å². The molecule has 1 unspecified atom stereocenters. The number of aliphatic carboxylic acids is 1. The molecule has 1 amide bonds. The lowest BCUT2D eigenvalue weighted by Crippen LogP contribution is -2.30. The normalized spacial score (nSPS) is 24.6. The zero-order valence-electron chi connectivity index (χ0n) is 12.2. The van der Waals surface area contributed by atoms with Gasteiger partial charge in [0.2, 0.25) is 11.8 Å². The Morgan fingerprint density at radius 3 is 2.62 bits per heavy atom. The second-order valence-electron chi connectivity index (χ2n) is 5.38. The first kappa shape index (κ1) is 15.3. The van der Waals surface area contributed by atoms with E-state index in [1.54, 1.807) is 12.1 Å². The van der Waals surface area contributed by atoms with Gasteiger partial charge in [0.05, 0.1) is 30.8 Å². The van der Waals surface area contributed by atoms with E-state index >= 15 is 0 Å². The summed E-state index contributed by atoms with van der Waals surface area (Å²) in [5, 5.41) is 12.0. The predicted molar refractivity (Wildman–Crippen MR) is 77.0 cm³/mol. The summed E-state index contributed by atoms with van der Waals surface area (Å²) in [5.41, 5.74) is 0.546. The standard InChI is InChI=1S/C15H20N2O4/c1-3-9-6-11(12(7-9)15(19)20)14(18)17-10-4-5-13(21-2)16-8-10/h4-5,8-9,11-12H,3,6-7H2,1-2H3,(H,17,18)(H,19,20)/t9?,11-,12+/m0/s1. The van der Waals surface area contributed by atoms with Gasteiger partial charge in [0, 0.05) is 6.07 Å². The first-order valence-corrected chi connectivity index (χ1v) is 7.08. The third kappa shape index (κ3) is 3.51. The number of carboxylic acid groups (broad SMARTS) is 1. The smallest absolute Gasteiger partial charge is 0.307 e. The maximum absolute atomic E-state index is 12.3. The number of aromatic nitrogens is 1. The van der Waals surface area contributed by atoms with Gasteiger partial charge in [-0.25, -0.2) is 4.98 Å². The number of rotatable bonds is 5. The van der Waals surface area contributed by atoms with E-state index in [-0.39, 0.29) is 5.91 Å². The summed E-state index contributed by atoms with van der Waals surface area (Å²) in [6, 6.07) is 3.33. The third-order valence-corrected chi connectivity index (χ3v) is 4.10. The fourth-order valence-electron chi connectivity index (χ4n) is 2.85. The van der Waals surface area contributed by atoms with Crippen LogP contribution in [0, 0.1) is 17.8 Å². The molecule has 6 nitrogen and oxygen atoms in total. The maximum Gasteiger partial charge on any atom is 0.307 e. The Morgan fingerprint density at radius 2 is 2.10 bits per heavy atom. The number of carbonyl (C=O) groups is 2. The molecule has 2 N–H and O–H groups in total.